The first kappa shape index (κ1) is 24.3. The Hall–Kier alpha value is -0.860. The van der Waals surface area contributed by atoms with Crippen LogP contribution in [0.25, 0.3) is 0 Å². The van der Waals surface area contributed by atoms with Crippen LogP contribution >= 0.6 is 0 Å². The van der Waals surface area contributed by atoms with Gasteiger partial charge in [0.15, 0.2) is 0 Å². The van der Waals surface area contributed by atoms with E-state index in [1.165, 1.54) is 44.1 Å². The number of fused-ring (bicyclic) bond motifs is 4. The van der Waals surface area contributed by atoms with E-state index in [1.807, 2.05) is 0 Å². The summed E-state index contributed by atoms with van der Waals surface area (Å²) in [6.07, 6.45) is 16.0. The number of nitrogens with two attached hydrogens (primary N) is 1. The van der Waals surface area contributed by atoms with Crippen LogP contribution < -0.4 is 5.73 Å². The molecule has 0 amide bonds. The van der Waals surface area contributed by atoms with Crippen LogP contribution in [0.5, 0.6) is 0 Å². The monoisotopic (exact) mass is 439 g/mol. The highest BCUT2D eigenvalue weighted by atomic mass is 16.3. The van der Waals surface area contributed by atoms with Crippen LogP contribution in [0.2, 0.25) is 0 Å². The van der Waals surface area contributed by atoms with Gasteiger partial charge in [0.25, 0.3) is 0 Å². The maximum Gasteiger partial charge on any atom is 0.0487 e. The molecule has 2 nitrogen and oxygen atoms in total. The molecule has 7 atom stereocenters. The highest BCUT2D eigenvalue weighted by Gasteiger charge is 2.63. The van der Waals surface area contributed by atoms with Crippen LogP contribution in [0.1, 0.15) is 99.3 Å². The van der Waals surface area contributed by atoms with Gasteiger partial charge in [-0.2, -0.15) is 0 Å². The minimum Gasteiger partial charge on any atom is -0.396 e. The smallest absolute Gasteiger partial charge is 0.0487 e. The van der Waals surface area contributed by atoms with E-state index in [2.05, 4.69) is 60.3 Å². The summed E-state index contributed by atoms with van der Waals surface area (Å²) < 4.78 is 0. The lowest BCUT2D eigenvalue weighted by Crippen LogP contribution is -2.58. The van der Waals surface area contributed by atoms with Crippen molar-refractivity contribution in [3.63, 3.8) is 0 Å². The fourth-order valence-corrected chi connectivity index (χ4v) is 8.90. The van der Waals surface area contributed by atoms with Gasteiger partial charge in [-0.3, -0.25) is 0 Å². The number of aliphatic hydroxyl groups excluding tert-OH is 1. The molecule has 4 rings (SSSR count). The summed E-state index contributed by atoms with van der Waals surface area (Å²) in [6, 6.07) is 0. The Balaban J connectivity index is 1.86. The molecular formula is C30H49NO. The van der Waals surface area contributed by atoms with Gasteiger partial charge in [-0.1, -0.05) is 64.5 Å². The number of hydrogen-bond donors (Lipinski definition) is 2. The first-order valence-corrected chi connectivity index (χ1v) is 13.3. The standard InChI is InChI=1S/C30H49NO/c1-21(2)22-11-13-30(7)25(28(22,5)12-8-18-31)10-9-23-24-19-26(3,20-32)14-15-27(24,4)16-17-29(23,30)6/h9-10,22,25,32H,1,8,11-20,31H2,2-7H3/t22-,25+,26-,27+,28-,29+,30+/m0/s1. The predicted octanol–water partition coefficient (Wildman–Crippen LogP) is 7.20. The molecular weight excluding hydrogens is 390 g/mol. The summed E-state index contributed by atoms with van der Waals surface area (Å²) in [6.45, 7) is 20.3. The van der Waals surface area contributed by atoms with Crippen molar-refractivity contribution in [1.82, 2.24) is 0 Å². The number of aliphatic hydroxyl groups is 1. The third-order valence-corrected chi connectivity index (χ3v) is 11.5. The Kier molecular flexibility index (Phi) is 5.95. The van der Waals surface area contributed by atoms with Crippen molar-refractivity contribution < 1.29 is 5.11 Å². The van der Waals surface area contributed by atoms with E-state index in [0.717, 1.165) is 25.8 Å². The first-order valence-electron chi connectivity index (χ1n) is 13.3. The van der Waals surface area contributed by atoms with Gasteiger partial charge in [-0.05, 0) is 116 Å². The molecule has 0 aromatic rings. The van der Waals surface area contributed by atoms with Gasteiger partial charge in [0, 0.05) is 6.61 Å². The fraction of sp³-hybridized carbons (Fsp3) is 0.800. The Morgan fingerprint density at radius 3 is 2.41 bits per heavy atom. The SMILES string of the molecule is C=C(C)[C@@H]1CC[C@]2(C)[C@H](C=CC3=C4C[C@@](C)(CO)CC[C@]4(C)CC[C@]32C)[C@@]1(C)CCCN. The zero-order valence-corrected chi connectivity index (χ0v) is 21.8. The topological polar surface area (TPSA) is 46.2 Å². The molecule has 180 valence electrons. The summed E-state index contributed by atoms with van der Waals surface area (Å²) in [7, 11) is 0. The third kappa shape index (κ3) is 3.26. The lowest BCUT2D eigenvalue weighted by molar-refractivity contribution is -0.0983. The van der Waals surface area contributed by atoms with Gasteiger partial charge < -0.3 is 10.8 Å². The van der Waals surface area contributed by atoms with Crippen molar-refractivity contribution in [2.75, 3.05) is 13.2 Å². The summed E-state index contributed by atoms with van der Waals surface area (Å²) in [5.41, 5.74) is 11.7. The largest absolute Gasteiger partial charge is 0.396 e. The molecule has 4 aliphatic carbocycles. The second-order valence-corrected chi connectivity index (χ2v) is 13.5. The van der Waals surface area contributed by atoms with Gasteiger partial charge in [0.2, 0.25) is 0 Å². The quantitative estimate of drug-likeness (QED) is 0.445. The average molecular weight is 440 g/mol. The maximum atomic E-state index is 10.2. The molecule has 2 fully saturated rings. The minimum absolute atomic E-state index is 0.0406. The zero-order valence-electron chi connectivity index (χ0n) is 21.8. The van der Waals surface area contributed by atoms with Crippen molar-refractivity contribution in [3.05, 3.63) is 35.5 Å². The summed E-state index contributed by atoms with van der Waals surface area (Å²) >= 11 is 0. The average Bonchev–Trinajstić information content (AvgIpc) is 2.74. The lowest BCUT2D eigenvalue weighted by atomic mass is 9.38. The van der Waals surface area contributed by atoms with E-state index in [9.17, 15) is 5.11 Å². The molecule has 3 N–H and O–H groups in total. The summed E-state index contributed by atoms with van der Waals surface area (Å²) in [5.74, 6) is 1.14. The first-order chi connectivity index (χ1) is 14.9. The van der Waals surface area contributed by atoms with E-state index in [0.29, 0.717) is 23.9 Å². The molecule has 0 bridgehead atoms. The highest BCUT2D eigenvalue weighted by Crippen LogP contribution is 2.72. The van der Waals surface area contributed by atoms with Gasteiger partial charge in [-0.15, -0.1) is 0 Å². The van der Waals surface area contributed by atoms with Crippen molar-refractivity contribution in [2.45, 2.75) is 99.3 Å². The van der Waals surface area contributed by atoms with Gasteiger partial charge in [0.1, 0.15) is 0 Å². The van der Waals surface area contributed by atoms with Crippen molar-refractivity contribution in [3.8, 4) is 0 Å². The molecule has 0 aromatic carbocycles. The van der Waals surface area contributed by atoms with Gasteiger partial charge in [-0.25, -0.2) is 0 Å². The molecule has 0 saturated heterocycles. The van der Waals surface area contributed by atoms with E-state index < -0.39 is 0 Å². The molecule has 2 saturated carbocycles. The molecule has 0 spiro atoms. The maximum absolute atomic E-state index is 10.2. The molecule has 0 radical (unpaired) electrons. The Labute approximate surface area is 197 Å². The van der Waals surface area contributed by atoms with Crippen LogP contribution in [0.15, 0.2) is 35.5 Å². The van der Waals surface area contributed by atoms with Crippen LogP contribution in [-0.2, 0) is 0 Å². The van der Waals surface area contributed by atoms with E-state index in [4.69, 9.17) is 5.73 Å². The normalized spacial score (nSPS) is 48.1. The second kappa shape index (κ2) is 7.84. The lowest BCUT2D eigenvalue weighted by Gasteiger charge is -2.66. The molecule has 32 heavy (non-hydrogen) atoms. The summed E-state index contributed by atoms with van der Waals surface area (Å²) in [4.78, 5) is 0. The van der Waals surface area contributed by atoms with Crippen molar-refractivity contribution >= 4 is 0 Å². The zero-order chi connectivity index (χ0) is 23.6. The third-order valence-electron chi connectivity index (χ3n) is 11.5. The Morgan fingerprint density at radius 2 is 1.78 bits per heavy atom. The molecule has 0 aliphatic heterocycles. The van der Waals surface area contributed by atoms with E-state index in [-0.39, 0.29) is 21.7 Å². The van der Waals surface area contributed by atoms with Crippen LogP contribution in [0, 0.1) is 38.9 Å². The van der Waals surface area contributed by atoms with E-state index >= 15 is 0 Å². The number of allylic oxidation sites excluding steroid dienone is 5. The summed E-state index contributed by atoms with van der Waals surface area (Å²) in [5, 5.41) is 10.2. The van der Waals surface area contributed by atoms with E-state index in [1.54, 1.807) is 11.1 Å². The fourth-order valence-electron chi connectivity index (χ4n) is 8.90. The predicted molar refractivity (Wildman–Crippen MR) is 136 cm³/mol. The Morgan fingerprint density at radius 1 is 1.09 bits per heavy atom. The van der Waals surface area contributed by atoms with Crippen molar-refractivity contribution in [2.24, 2.45) is 44.6 Å². The van der Waals surface area contributed by atoms with Crippen molar-refractivity contribution in [1.29, 1.82) is 0 Å². The molecule has 2 heteroatoms. The molecule has 4 aliphatic rings. The van der Waals surface area contributed by atoms with Crippen LogP contribution in [0.4, 0.5) is 0 Å². The molecule has 0 unspecified atom stereocenters. The van der Waals surface area contributed by atoms with Crippen LogP contribution in [-0.4, -0.2) is 18.3 Å². The number of hydrogen-bond acceptors (Lipinski definition) is 2. The molecule has 0 aromatic heterocycles. The van der Waals surface area contributed by atoms with Gasteiger partial charge >= 0.3 is 0 Å². The second-order valence-electron chi connectivity index (χ2n) is 13.5. The highest BCUT2D eigenvalue weighted by molar-refractivity contribution is 5.45. The van der Waals surface area contributed by atoms with Gasteiger partial charge in [0.05, 0.1) is 0 Å². The Bertz CT molecular complexity index is 840. The molecule has 0 heterocycles. The minimum atomic E-state index is 0.0406. The number of rotatable bonds is 5. The van der Waals surface area contributed by atoms with Crippen LogP contribution in [0.3, 0.4) is 0 Å².